The first-order valence-corrected chi connectivity index (χ1v) is 7.43. The summed E-state index contributed by atoms with van der Waals surface area (Å²) < 4.78 is 29.6. The van der Waals surface area contributed by atoms with Crippen molar-refractivity contribution in [2.24, 2.45) is 0 Å². The number of rotatable bonds is 9. The van der Waals surface area contributed by atoms with Gasteiger partial charge in [-0.3, -0.25) is 4.55 Å². The van der Waals surface area contributed by atoms with Crippen LogP contribution in [0.15, 0.2) is 11.1 Å². The first kappa shape index (κ1) is 17.6. The minimum atomic E-state index is -4.17. The molecule has 0 amide bonds. The van der Waals surface area contributed by atoms with Gasteiger partial charge in [-0.15, -0.1) is 0 Å². The molecule has 0 atom stereocenters. The second-order valence-electron chi connectivity index (χ2n) is 4.06. The lowest BCUT2D eigenvalue weighted by molar-refractivity contribution is -0.136. The minimum absolute atomic E-state index is 0.124. The number of hydrogen-bond acceptors (Lipinski definition) is 4. The average molecular weight is 294 g/mol. The topological polar surface area (TPSA) is 129 Å². The molecule has 110 valence electrons. The normalized spacial score (nSPS) is 12.9. The Kier molecular flexibility index (Phi) is 7.32. The molecule has 0 saturated heterocycles. The van der Waals surface area contributed by atoms with Gasteiger partial charge < -0.3 is 10.2 Å². The van der Waals surface area contributed by atoms with Crippen LogP contribution in [0.25, 0.3) is 0 Å². The summed E-state index contributed by atoms with van der Waals surface area (Å²) in [6.45, 7) is 1.85. The van der Waals surface area contributed by atoms with Gasteiger partial charge in [0, 0.05) is 11.1 Å². The summed E-state index contributed by atoms with van der Waals surface area (Å²) in [5.41, 5.74) is -0.505. The second kappa shape index (κ2) is 7.90. The van der Waals surface area contributed by atoms with Crippen molar-refractivity contribution >= 4 is 22.1 Å². The van der Waals surface area contributed by atoms with Crippen LogP contribution in [0, 0.1) is 0 Å². The molecule has 0 aliphatic carbocycles. The molecule has 8 heteroatoms. The molecule has 0 aromatic heterocycles. The van der Waals surface area contributed by atoms with E-state index in [1.165, 1.54) is 0 Å². The lowest BCUT2D eigenvalue weighted by Gasteiger charge is -2.08. The Morgan fingerprint density at radius 3 is 1.68 bits per heavy atom. The molecule has 0 saturated carbocycles. The number of unbranched alkanes of at least 4 members (excludes halogenated alkanes) is 1. The lowest BCUT2D eigenvalue weighted by Crippen LogP contribution is -2.13. The van der Waals surface area contributed by atoms with E-state index < -0.39 is 27.8 Å². The van der Waals surface area contributed by atoms with Crippen molar-refractivity contribution in [2.75, 3.05) is 5.75 Å². The number of carbonyl (C=O) groups is 2. The predicted molar refractivity (Wildman–Crippen MR) is 67.5 cm³/mol. The van der Waals surface area contributed by atoms with E-state index in [-0.39, 0.29) is 30.4 Å². The van der Waals surface area contributed by atoms with Crippen molar-refractivity contribution in [3.05, 3.63) is 11.1 Å². The SMILES string of the molecule is CCCCC(C(=O)O)=C(CCCS(=O)(=O)O)C(=O)O. The monoisotopic (exact) mass is 294 g/mol. The number of aliphatic carboxylic acids is 2. The molecule has 0 spiro atoms. The lowest BCUT2D eigenvalue weighted by atomic mass is 9.99. The summed E-state index contributed by atoms with van der Waals surface area (Å²) in [7, 11) is -4.17. The van der Waals surface area contributed by atoms with Crippen molar-refractivity contribution in [3.63, 3.8) is 0 Å². The molecule has 19 heavy (non-hydrogen) atoms. The van der Waals surface area contributed by atoms with Crippen molar-refractivity contribution in [2.45, 2.75) is 39.0 Å². The highest BCUT2D eigenvalue weighted by Gasteiger charge is 2.20. The summed E-state index contributed by atoms with van der Waals surface area (Å²) in [5, 5.41) is 18.0. The second-order valence-corrected chi connectivity index (χ2v) is 5.63. The highest BCUT2D eigenvalue weighted by molar-refractivity contribution is 7.85. The van der Waals surface area contributed by atoms with Crippen molar-refractivity contribution in [1.82, 2.24) is 0 Å². The predicted octanol–water partition coefficient (Wildman–Crippen LogP) is 1.31. The van der Waals surface area contributed by atoms with E-state index in [2.05, 4.69) is 0 Å². The molecular weight excluding hydrogens is 276 g/mol. The Labute approximate surface area is 111 Å². The highest BCUT2D eigenvalue weighted by atomic mass is 32.2. The third-order valence-electron chi connectivity index (χ3n) is 2.49. The van der Waals surface area contributed by atoms with Gasteiger partial charge in [-0.25, -0.2) is 9.59 Å². The van der Waals surface area contributed by atoms with E-state index in [0.29, 0.717) is 12.8 Å². The van der Waals surface area contributed by atoms with Gasteiger partial charge in [0.15, 0.2) is 0 Å². The van der Waals surface area contributed by atoms with E-state index >= 15 is 0 Å². The van der Waals surface area contributed by atoms with E-state index in [1.807, 2.05) is 6.92 Å². The first-order valence-electron chi connectivity index (χ1n) is 5.82. The Morgan fingerprint density at radius 2 is 1.37 bits per heavy atom. The Bertz CT molecular complexity index is 461. The largest absolute Gasteiger partial charge is 0.478 e. The minimum Gasteiger partial charge on any atom is -0.478 e. The van der Waals surface area contributed by atoms with Gasteiger partial charge in [-0.2, -0.15) is 8.42 Å². The van der Waals surface area contributed by atoms with Crippen LogP contribution in [0.5, 0.6) is 0 Å². The van der Waals surface area contributed by atoms with Crippen LogP contribution in [0.2, 0.25) is 0 Å². The van der Waals surface area contributed by atoms with Crippen LogP contribution in [0.1, 0.15) is 39.0 Å². The first-order chi connectivity index (χ1) is 8.69. The van der Waals surface area contributed by atoms with Gasteiger partial charge in [-0.1, -0.05) is 13.3 Å². The van der Waals surface area contributed by atoms with E-state index in [4.69, 9.17) is 14.8 Å². The Hall–Kier alpha value is -1.41. The quantitative estimate of drug-likeness (QED) is 0.432. The molecule has 7 nitrogen and oxygen atoms in total. The standard InChI is InChI=1S/C11H18O7S/c1-2-3-5-8(10(12)13)9(11(14)15)6-4-7-19(16,17)18/h2-7H2,1H3,(H,12,13)(H,14,15)(H,16,17,18). The van der Waals surface area contributed by atoms with Gasteiger partial charge in [0.1, 0.15) is 0 Å². The zero-order chi connectivity index (χ0) is 15.1. The van der Waals surface area contributed by atoms with Crippen LogP contribution in [0.3, 0.4) is 0 Å². The number of carboxylic acids is 2. The Morgan fingerprint density at radius 1 is 0.947 bits per heavy atom. The zero-order valence-corrected chi connectivity index (χ0v) is 11.4. The fourth-order valence-corrected chi connectivity index (χ4v) is 2.07. The third kappa shape index (κ3) is 7.58. The molecule has 0 fully saturated rings. The fraction of sp³-hybridized carbons (Fsp3) is 0.636. The molecule has 0 aliphatic heterocycles. The molecular formula is C11H18O7S. The molecule has 0 aromatic rings. The average Bonchev–Trinajstić information content (AvgIpc) is 2.24. The van der Waals surface area contributed by atoms with Gasteiger partial charge in [0.25, 0.3) is 10.1 Å². The molecule has 0 bridgehead atoms. The maximum absolute atomic E-state index is 11.0. The molecule has 0 heterocycles. The number of carboxylic acid groups (broad SMARTS) is 2. The Balaban J connectivity index is 5.01. The third-order valence-corrected chi connectivity index (χ3v) is 3.29. The van der Waals surface area contributed by atoms with Crippen LogP contribution < -0.4 is 0 Å². The van der Waals surface area contributed by atoms with Gasteiger partial charge in [-0.05, 0) is 25.7 Å². The summed E-state index contributed by atoms with van der Waals surface area (Å²) in [6, 6.07) is 0. The van der Waals surface area contributed by atoms with Crippen molar-refractivity contribution in [1.29, 1.82) is 0 Å². The molecule has 0 aromatic carbocycles. The van der Waals surface area contributed by atoms with Crippen molar-refractivity contribution < 1.29 is 32.8 Å². The smallest absolute Gasteiger partial charge is 0.332 e. The van der Waals surface area contributed by atoms with E-state index in [0.717, 1.165) is 0 Å². The van der Waals surface area contributed by atoms with Gasteiger partial charge in [0.2, 0.25) is 0 Å². The van der Waals surface area contributed by atoms with E-state index in [1.54, 1.807) is 0 Å². The molecule has 0 rings (SSSR count). The van der Waals surface area contributed by atoms with Crippen molar-refractivity contribution in [3.8, 4) is 0 Å². The summed E-state index contributed by atoms with van der Waals surface area (Å²) in [5.74, 6) is -3.27. The van der Waals surface area contributed by atoms with E-state index in [9.17, 15) is 18.0 Å². The summed E-state index contributed by atoms with van der Waals surface area (Å²) in [4.78, 5) is 22.1. The maximum atomic E-state index is 11.0. The summed E-state index contributed by atoms with van der Waals surface area (Å²) in [6.07, 6.45) is 1.04. The van der Waals surface area contributed by atoms with Crippen LogP contribution >= 0.6 is 0 Å². The molecule has 3 N–H and O–H groups in total. The van der Waals surface area contributed by atoms with Crippen LogP contribution in [-0.4, -0.2) is 40.9 Å². The molecule has 0 radical (unpaired) electrons. The maximum Gasteiger partial charge on any atom is 0.332 e. The van der Waals surface area contributed by atoms with Crippen LogP contribution in [-0.2, 0) is 19.7 Å². The number of hydrogen-bond donors (Lipinski definition) is 3. The van der Waals surface area contributed by atoms with Gasteiger partial charge >= 0.3 is 11.9 Å². The molecule has 0 aliphatic rings. The summed E-state index contributed by atoms with van der Waals surface area (Å²) >= 11 is 0. The van der Waals surface area contributed by atoms with Crippen LogP contribution in [0.4, 0.5) is 0 Å². The van der Waals surface area contributed by atoms with Gasteiger partial charge in [0.05, 0.1) is 5.75 Å². The zero-order valence-electron chi connectivity index (χ0n) is 10.6. The fourth-order valence-electron chi connectivity index (χ4n) is 1.56. The molecule has 0 unspecified atom stereocenters. The highest BCUT2D eigenvalue weighted by Crippen LogP contribution is 2.18.